The Bertz CT molecular complexity index is 1460. The van der Waals surface area contributed by atoms with E-state index in [1.54, 1.807) is 29.5 Å². The fraction of sp³-hybridized carbons (Fsp3) is 0.167. The summed E-state index contributed by atoms with van der Waals surface area (Å²) >= 11 is 1.56. The number of aromatic nitrogens is 1. The van der Waals surface area contributed by atoms with Gasteiger partial charge < -0.3 is 5.32 Å². The molecule has 8 heteroatoms. The monoisotopic (exact) mass is 463 g/mol. The van der Waals surface area contributed by atoms with Crippen LogP contribution in [0, 0.1) is 6.92 Å². The van der Waals surface area contributed by atoms with Gasteiger partial charge in [0.05, 0.1) is 25.8 Å². The minimum atomic E-state index is -3.81. The SMILES string of the molecule is Cc1nc2ccc(NC(=O)c3cccc(S(=O)(=O)N4c5ccccc5C[C@@H]4C)c3)cc2s1. The van der Waals surface area contributed by atoms with Crippen LogP contribution in [-0.2, 0) is 16.4 Å². The van der Waals surface area contributed by atoms with Gasteiger partial charge in [-0.15, -0.1) is 11.3 Å². The fourth-order valence-electron chi connectivity index (χ4n) is 4.14. The molecule has 32 heavy (non-hydrogen) atoms. The van der Waals surface area contributed by atoms with E-state index < -0.39 is 10.0 Å². The summed E-state index contributed by atoms with van der Waals surface area (Å²) in [6.45, 7) is 3.83. The molecule has 1 aliphatic rings. The first-order valence-corrected chi connectivity index (χ1v) is 12.5. The number of hydrogen-bond donors (Lipinski definition) is 1. The van der Waals surface area contributed by atoms with E-state index >= 15 is 0 Å². The predicted molar refractivity (Wildman–Crippen MR) is 128 cm³/mol. The Kier molecular flexibility index (Phi) is 4.98. The van der Waals surface area contributed by atoms with Crippen molar-refractivity contribution in [1.82, 2.24) is 4.98 Å². The third-order valence-electron chi connectivity index (χ3n) is 5.55. The van der Waals surface area contributed by atoms with Gasteiger partial charge in [-0.2, -0.15) is 0 Å². The van der Waals surface area contributed by atoms with Crippen molar-refractivity contribution in [2.75, 3.05) is 9.62 Å². The van der Waals surface area contributed by atoms with Gasteiger partial charge in [-0.05, 0) is 68.3 Å². The van der Waals surface area contributed by atoms with Crippen molar-refractivity contribution in [2.45, 2.75) is 31.2 Å². The van der Waals surface area contributed by atoms with E-state index in [0.717, 1.165) is 20.8 Å². The van der Waals surface area contributed by atoms with Crippen LogP contribution in [0.25, 0.3) is 10.2 Å². The lowest BCUT2D eigenvalue weighted by Gasteiger charge is -2.24. The van der Waals surface area contributed by atoms with Gasteiger partial charge in [-0.3, -0.25) is 9.10 Å². The topological polar surface area (TPSA) is 79.4 Å². The van der Waals surface area contributed by atoms with E-state index in [1.165, 1.54) is 16.4 Å². The zero-order valence-electron chi connectivity index (χ0n) is 17.6. The minimum absolute atomic E-state index is 0.0993. The predicted octanol–water partition coefficient (Wildman–Crippen LogP) is 5.00. The number of nitrogens with zero attached hydrogens (tertiary/aromatic N) is 2. The third kappa shape index (κ3) is 3.55. The maximum Gasteiger partial charge on any atom is 0.264 e. The average molecular weight is 464 g/mol. The molecule has 6 nitrogen and oxygen atoms in total. The Labute approximate surface area is 190 Å². The van der Waals surface area contributed by atoms with Crippen LogP contribution in [0.15, 0.2) is 71.6 Å². The van der Waals surface area contributed by atoms with E-state index in [-0.39, 0.29) is 22.4 Å². The maximum absolute atomic E-state index is 13.5. The molecule has 5 rings (SSSR count). The summed E-state index contributed by atoms with van der Waals surface area (Å²) in [4.78, 5) is 17.4. The number of benzene rings is 3. The van der Waals surface area contributed by atoms with Gasteiger partial charge in [0.25, 0.3) is 15.9 Å². The van der Waals surface area contributed by atoms with Gasteiger partial charge in [-0.25, -0.2) is 13.4 Å². The number of nitrogens with one attached hydrogen (secondary N) is 1. The summed E-state index contributed by atoms with van der Waals surface area (Å²) in [5, 5.41) is 3.82. The lowest BCUT2D eigenvalue weighted by molar-refractivity contribution is 0.102. The summed E-state index contributed by atoms with van der Waals surface area (Å²) in [7, 11) is -3.81. The van der Waals surface area contributed by atoms with Crippen LogP contribution in [0.5, 0.6) is 0 Å². The van der Waals surface area contributed by atoms with Crippen LogP contribution in [0.2, 0.25) is 0 Å². The van der Waals surface area contributed by atoms with E-state index in [0.29, 0.717) is 17.8 Å². The van der Waals surface area contributed by atoms with E-state index in [4.69, 9.17) is 0 Å². The summed E-state index contributed by atoms with van der Waals surface area (Å²) in [5.41, 5.74) is 3.51. The molecular formula is C24H21N3O3S2. The fourth-order valence-corrected chi connectivity index (χ4v) is 6.74. The van der Waals surface area contributed by atoms with Crippen LogP contribution < -0.4 is 9.62 Å². The largest absolute Gasteiger partial charge is 0.322 e. The number of hydrogen-bond acceptors (Lipinski definition) is 5. The van der Waals surface area contributed by atoms with Crippen LogP contribution in [0.4, 0.5) is 11.4 Å². The lowest BCUT2D eigenvalue weighted by Crippen LogP contribution is -2.35. The normalized spacial score (nSPS) is 15.7. The van der Waals surface area contributed by atoms with Crippen molar-refractivity contribution in [3.63, 3.8) is 0 Å². The molecule has 1 aliphatic heterocycles. The first kappa shape index (κ1) is 20.7. The molecule has 0 bridgehead atoms. The molecule has 0 unspecified atom stereocenters. The highest BCUT2D eigenvalue weighted by Gasteiger charge is 2.36. The van der Waals surface area contributed by atoms with Gasteiger partial charge in [0.2, 0.25) is 0 Å². The van der Waals surface area contributed by atoms with E-state index in [9.17, 15) is 13.2 Å². The molecule has 1 aromatic heterocycles. The highest BCUT2D eigenvalue weighted by Crippen LogP contribution is 2.36. The molecule has 0 aliphatic carbocycles. The number of carbonyl (C=O) groups excluding carboxylic acids is 1. The molecule has 3 aromatic carbocycles. The third-order valence-corrected chi connectivity index (χ3v) is 8.41. The summed E-state index contributed by atoms with van der Waals surface area (Å²) < 4.78 is 29.4. The zero-order valence-corrected chi connectivity index (χ0v) is 19.2. The van der Waals surface area contributed by atoms with E-state index in [2.05, 4.69) is 10.3 Å². The van der Waals surface area contributed by atoms with Crippen molar-refractivity contribution in [1.29, 1.82) is 0 Å². The average Bonchev–Trinajstić information content (AvgIpc) is 3.31. The van der Waals surface area contributed by atoms with Crippen LogP contribution in [0.3, 0.4) is 0 Å². The second kappa shape index (κ2) is 7.72. The quantitative estimate of drug-likeness (QED) is 0.462. The summed E-state index contributed by atoms with van der Waals surface area (Å²) in [5.74, 6) is -0.363. The highest BCUT2D eigenvalue weighted by atomic mass is 32.2. The second-order valence-electron chi connectivity index (χ2n) is 7.88. The van der Waals surface area contributed by atoms with Crippen LogP contribution >= 0.6 is 11.3 Å². The molecule has 1 amide bonds. The Morgan fingerprint density at radius 2 is 1.91 bits per heavy atom. The van der Waals surface area contributed by atoms with Crippen molar-refractivity contribution in [3.8, 4) is 0 Å². The number of anilines is 2. The molecule has 4 aromatic rings. The van der Waals surface area contributed by atoms with Gasteiger partial charge >= 0.3 is 0 Å². The van der Waals surface area contributed by atoms with Gasteiger partial charge in [0, 0.05) is 17.3 Å². The standard InChI is InChI=1S/C24H21N3O3S2/c1-15-12-17-6-3-4-9-22(17)27(15)32(29,30)20-8-5-7-18(13-20)24(28)26-19-10-11-21-23(14-19)31-16(2)25-21/h3-11,13-15H,12H2,1-2H3,(H,26,28)/t15-/m0/s1. The molecule has 0 saturated heterocycles. The lowest BCUT2D eigenvalue weighted by atomic mass is 10.1. The van der Waals surface area contributed by atoms with Crippen LogP contribution in [0.1, 0.15) is 27.9 Å². The smallest absolute Gasteiger partial charge is 0.264 e. The van der Waals surface area contributed by atoms with Crippen LogP contribution in [-0.4, -0.2) is 25.4 Å². The number of amides is 1. The van der Waals surface area contributed by atoms with Crippen molar-refractivity contribution >= 4 is 48.9 Å². The number of fused-ring (bicyclic) bond motifs is 2. The highest BCUT2D eigenvalue weighted by molar-refractivity contribution is 7.92. The number of aryl methyl sites for hydroxylation is 1. The number of sulfonamides is 1. The molecule has 0 fully saturated rings. The van der Waals surface area contributed by atoms with Gasteiger partial charge in [-0.1, -0.05) is 24.3 Å². The Morgan fingerprint density at radius 1 is 1.09 bits per heavy atom. The molecule has 162 valence electrons. The number of thiazole rings is 1. The number of para-hydroxylation sites is 1. The molecule has 0 radical (unpaired) electrons. The zero-order chi connectivity index (χ0) is 22.5. The number of carbonyl (C=O) groups is 1. The maximum atomic E-state index is 13.5. The first-order chi connectivity index (χ1) is 15.3. The molecule has 1 N–H and O–H groups in total. The summed E-state index contributed by atoms with van der Waals surface area (Å²) in [6, 6.07) is 19.1. The summed E-state index contributed by atoms with van der Waals surface area (Å²) in [6.07, 6.45) is 0.662. The molecule has 1 atom stereocenters. The number of rotatable bonds is 4. The van der Waals surface area contributed by atoms with Gasteiger partial charge in [0.15, 0.2) is 0 Å². The first-order valence-electron chi connectivity index (χ1n) is 10.2. The molecule has 2 heterocycles. The minimum Gasteiger partial charge on any atom is -0.322 e. The molecular weight excluding hydrogens is 442 g/mol. The van der Waals surface area contributed by atoms with E-state index in [1.807, 2.05) is 50.2 Å². The van der Waals surface area contributed by atoms with Crippen molar-refractivity contribution < 1.29 is 13.2 Å². The van der Waals surface area contributed by atoms with Gasteiger partial charge in [0.1, 0.15) is 0 Å². The molecule has 0 saturated carbocycles. The van der Waals surface area contributed by atoms with Crippen molar-refractivity contribution in [2.24, 2.45) is 0 Å². The second-order valence-corrected chi connectivity index (χ2v) is 10.9. The Hall–Kier alpha value is -3.23. The molecule has 0 spiro atoms. The Balaban J connectivity index is 1.44. The Morgan fingerprint density at radius 3 is 2.75 bits per heavy atom. The van der Waals surface area contributed by atoms with Crippen molar-refractivity contribution in [3.05, 3.63) is 82.9 Å².